The summed E-state index contributed by atoms with van der Waals surface area (Å²) < 4.78 is 45.5. The van der Waals surface area contributed by atoms with Crippen molar-refractivity contribution < 1.29 is 17.9 Å². The van der Waals surface area contributed by atoms with Crippen LogP contribution in [0.3, 0.4) is 0 Å². The van der Waals surface area contributed by atoms with Crippen molar-refractivity contribution in [3.63, 3.8) is 0 Å². The Morgan fingerprint density at radius 1 is 1.26 bits per heavy atom. The fourth-order valence-corrected chi connectivity index (χ4v) is 2.96. The fourth-order valence-electron chi connectivity index (χ4n) is 2.96. The molecule has 130 valence electrons. The zero-order valence-corrected chi connectivity index (χ0v) is 13.9. The molecule has 2 rings (SSSR count). The van der Waals surface area contributed by atoms with Crippen molar-refractivity contribution in [1.82, 2.24) is 5.32 Å². The molecule has 1 aromatic carbocycles. The molecule has 1 saturated heterocycles. The van der Waals surface area contributed by atoms with E-state index in [-0.39, 0.29) is 18.7 Å². The molecule has 6 heteroatoms. The van der Waals surface area contributed by atoms with Crippen LogP contribution in [-0.4, -0.2) is 32.3 Å². The lowest BCUT2D eigenvalue weighted by Gasteiger charge is -2.35. The lowest BCUT2D eigenvalue weighted by atomic mass is 10.0. The SMILES string of the molecule is COC1CCN(c2cccc(C(F)(F)F)c2CNC(C)C)CC1. The van der Waals surface area contributed by atoms with Crippen molar-refractivity contribution in [3.8, 4) is 0 Å². The Labute approximate surface area is 135 Å². The van der Waals surface area contributed by atoms with E-state index in [2.05, 4.69) is 5.32 Å². The molecule has 3 nitrogen and oxygen atoms in total. The number of alkyl halides is 3. The van der Waals surface area contributed by atoms with Gasteiger partial charge in [-0.25, -0.2) is 0 Å². The van der Waals surface area contributed by atoms with Gasteiger partial charge in [0.1, 0.15) is 0 Å². The summed E-state index contributed by atoms with van der Waals surface area (Å²) in [5, 5.41) is 3.12. The first kappa shape index (κ1) is 18.1. The molecule has 0 radical (unpaired) electrons. The Kier molecular flexibility index (Phi) is 5.92. The molecule has 23 heavy (non-hydrogen) atoms. The standard InChI is InChI=1S/C17H25F3N2O/c1-12(2)21-11-14-15(17(18,19)20)5-4-6-16(14)22-9-7-13(23-3)8-10-22/h4-6,12-13,21H,7-11H2,1-3H3. The molecular weight excluding hydrogens is 305 g/mol. The van der Waals surface area contributed by atoms with Gasteiger partial charge in [-0.3, -0.25) is 0 Å². The molecule has 1 aliphatic heterocycles. The number of hydrogen-bond donors (Lipinski definition) is 1. The van der Waals surface area contributed by atoms with E-state index in [1.165, 1.54) is 12.1 Å². The van der Waals surface area contributed by atoms with Crippen LogP contribution in [0.1, 0.15) is 37.8 Å². The number of anilines is 1. The first-order valence-electron chi connectivity index (χ1n) is 8.03. The number of hydrogen-bond acceptors (Lipinski definition) is 3. The first-order chi connectivity index (χ1) is 10.8. The number of rotatable bonds is 5. The molecule has 1 aliphatic rings. The summed E-state index contributed by atoms with van der Waals surface area (Å²) in [5.74, 6) is 0. The molecule has 0 aliphatic carbocycles. The second-order valence-corrected chi connectivity index (χ2v) is 6.26. The Morgan fingerprint density at radius 2 is 1.91 bits per heavy atom. The number of nitrogens with zero attached hydrogens (tertiary/aromatic N) is 1. The molecule has 0 spiro atoms. The molecule has 0 saturated carbocycles. The van der Waals surface area contributed by atoms with Crippen molar-refractivity contribution in [2.45, 2.75) is 51.6 Å². The van der Waals surface area contributed by atoms with Gasteiger partial charge in [0.25, 0.3) is 0 Å². The molecule has 0 bridgehead atoms. The molecule has 1 N–H and O–H groups in total. The van der Waals surface area contributed by atoms with Gasteiger partial charge in [0.2, 0.25) is 0 Å². The number of piperidine rings is 1. The Hall–Kier alpha value is -1.27. The van der Waals surface area contributed by atoms with Crippen molar-refractivity contribution >= 4 is 5.69 Å². The minimum Gasteiger partial charge on any atom is -0.381 e. The van der Waals surface area contributed by atoms with Crippen LogP contribution in [0.5, 0.6) is 0 Å². The fraction of sp³-hybridized carbons (Fsp3) is 0.647. The van der Waals surface area contributed by atoms with Gasteiger partial charge in [0, 0.05) is 44.0 Å². The third kappa shape index (κ3) is 4.61. The number of ether oxygens (including phenoxy) is 1. The highest BCUT2D eigenvalue weighted by atomic mass is 19.4. The Bertz CT molecular complexity index is 509. The average molecular weight is 330 g/mol. The van der Waals surface area contributed by atoms with E-state index >= 15 is 0 Å². The molecule has 1 aromatic rings. The zero-order valence-electron chi connectivity index (χ0n) is 13.9. The van der Waals surface area contributed by atoms with E-state index in [0.29, 0.717) is 24.3 Å². The van der Waals surface area contributed by atoms with Crippen LogP contribution in [0, 0.1) is 0 Å². The molecule has 1 fully saturated rings. The topological polar surface area (TPSA) is 24.5 Å². The Morgan fingerprint density at radius 3 is 2.43 bits per heavy atom. The van der Waals surface area contributed by atoms with Crippen molar-refractivity contribution in [1.29, 1.82) is 0 Å². The van der Waals surface area contributed by atoms with Crippen LogP contribution in [-0.2, 0) is 17.5 Å². The van der Waals surface area contributed by atoms with Crippen molar-refractivity contribution in [2.24, 2.45) is 0 Å². The van der Waals surface area contributed by atoms with Gasteiger partial charge in [-0.2, -0.15) is 13.2 Å². The van der Waals surface area contributed by atoms with Gasteiger partial charge in [-0.1, -0.05) is 19.9 Å². The molecular formula is C17H25F3N2O. The van der Waals surface area contributed by atoms with Crippen molar-refractivity contribution in [3.05, 3.63) is 29.3 Å². The largest absolute Gasteiger partial charge is 0.416 e. The van der Waals surface area contributed by atoms with Crippen LogP contribution >= 0.6 is 0 Å². The smallest absolute Gasteiger partial charge is 0.381 e. The molecule has 0 unspecified atom stereocenters. The van der Waals surface area contributed by atoms with Crippen LogP contribution in [0.4, 0.5) is 18.9 Å². The maximum absolute atomic E-state index is 13.4. The molecule has 0 aromatic heterocycles. The van der Waals surface area contributed by atoms with Gasteiger partial charge < -0.3 is 15.0 Å². The van der Waals surface area contributed by atoms with Crippen molar-refractivity contribution in [2.75, 3.05) is 25.1 Å². The quantitative estimate of drug-likeness (QED) is 0.888. The maximum Gasteiger partial charge on any atom is 0.416 e. The summed E-state index contributed by atoms with van der Waals surface area (Å²) in [7, 11) is 1.68. The monoisotopic (exact) mass is 330 g/mol. The number of methoxy groups -OCH3 is 1. The summed E-state index contributed by atoms with van der Waals surface area (Å²) >= 11 is 0. The van der Waals surface area contributed by atoms with Crippen LogP contribution < -0.4 is 10.2 Å². The van der Waals surface area contributed by atoms with Crippen LogP contribution in [0.2, 0.25) is 0 Å². The van der Waals surface area contributed by atoms with Crippen LogP contribution in [0.25, 0.3) is 0 Å². The normalized spacial score (nSPS) is 17.1. The minimum absolute atomic E-state index is 0.128. The van der Waals surface area contributed by atoms with Gasteiger partial charge in [0.05, 0.1) is 11.7 Å². The van der Waals surface area contributed by atoms with E-state index in [4.69, 9.17) is 4.74 Å². The number of halogens is 3. The summed E-state index contributed by atoms with van der Waals surface area (Å²) in [6.07, 6.45) is -2.46. The zero-order chi connectivity index (χ0) is 17.0. The molecule has 1 heterocycles. The highest BCUT2D eigenvalue weighted by Crippen LogP contribution is 2.37. The van der Waals surface area contributed by atoms with Gasteiger partial charge in [0.15, 0.2) is 0 Å². The van der Waals surface area contributed by atoms with Crippen LogP contribution in [0.15, 0.2) is 18.2 Å². The van der Waals surface area contributed by atoms with E-state index in [1.54, 1.807) is 13.2 Å². The minimum atomic E-state index is -4.34. The summed E-state index contributed by atoms with van der Waals surface area (Å²) in [6.45, 7) is 5.51. The predicted molar refractivity (Wildman–Crippen MR) is 85.7 cm³/mol. The van der Waals surface area contributed by atoms with E-state index in [0.717, 1.165) is 12.8 Å². The third-order valence-electron chi connectivity index (χ3n) is 4.26. The third-order valence-corrected chi connectivity index (χ3v) is 4.26. The van der Waals surface area contributed by atoms with E-state index in [9.17, 15) is 13.2 Å². The van der Waals surface area contributed by atoms with E-state index in [1.807, 2.05) is 18.7 Å². The van der Waals surface area contributed by atoms with Gasteiger partial charge >= 0.3 is 6.18 Å². The lowest BCUT2D eigenvalue weighted by Crippen LogP contribution is -2.38. The Balaban J connectivity index is 2.30. The van der Waals surface area contributed by atoms with Gasteiger partial charge in [-0.15, -0.1) is 0 Å². The number of benzene rings is 1. The predicted octanol–water partition coefficient (Wildman–Crippen LogP) is 3.82. The van der Waals surface area contributed by atoms with Gasteiger partial charge in [-0.05, 0) is 25.0 Å². The molecule has 0 amide bonds. The average Bonchev–Trinajstić information content (AvgIpc) is 2.51. The second kappa shape index (κ2) is 7.53. The first-order valence-corrected chi connectivity index (χ1v) is 8.03. The van der Waals surface area contributed by atoms with E-state index < -0.39 is 11.7 Å². The molecule has 0 atom stereocenters. The highest BCUT2D eigenvalue weighted by molar-refractivity contribution is 5.58. The lowest BCUT2D eigenvalue weighted by molar-refractivity contribution is -0.138. The maximum atomic E-state index is 13.4. The summed E-state index contributed by atoms with van der Waals surface area (Å²) in [4.78, 5) is 2.04. The second-order valence-electron chi connectivity index (χ2n) is 6.26. The highest BCUT2D eigenvalue weighted by Gasteiger charge is 2.35. The summed E-state index contributed by atoms with van der Waals surface area (Å²) in [6, 6.07) is 4.59. The number of nitrogens with one attached hydrogen (secondary N) is 1. The summed E-state index contributed by atoms with van der Waals surface area (Å²) in [5.41, 5.74) is 0.476.